The van der Waals surface area contributed by atoms with Gasteiger partial charge in [0, 0.05) is 24.7 Å². The van der Waals surface area contributed by atoms with E-state index in [1.165, 1.54) is 0 Å². The van der Waals surface area contributed by atoms with Gasteiger partial charge >= 0.3 is 0 Å². The van der Waals surface area contributed by atoms with Crippen LogP contribution >= 0.6 is 0 Å². The van der Waals surface area contributed by atoms with Gasteiger partial charge in [0.1, 0.15) is 0 Å². The number of amides is 1. The van der Waals surface area contributed by atoms with Crippen molar-refractivity contribution in [2.45, 2.75) is 44.3 Å². The van der Waals surface area contributed by atoms with Crippen LogP contribution in [0.15, 0.2) is 0 Å². The first-order chi connectivity index (χ1) is 7.99. The number of morpholine rings is 1. The van der Waals surface area contributed by atoms with E-state index < -0.39 is 0 Å². The van der Waals surface area contributed by atoms with Crippen LogP contribution in [0.5, 0.6) is 0 Å². The third-order valence-electron chi connectivity index (χ3n) is 3.58. The van der Waals surface area contributed by atoms with E-state index in [0.29, 0.717) is 19.2 Å². The molecule has 2 fully saturated rings. The number of carbonyl (C=O) groups is 1. The summed E-state index contributed by atoms with van der Waals surface area (Å²) >= 11 is 0. The van der Waals surface area contributed by atoms with Crippen LogP contribution in [0.2, 0.25) is 0 Å². The van der Waals surface area contributed by atoms with Crippen LogP contribution in [0.1, 0.15) is 26.7 Å². The average molecular weight is 241 g/mol. The minimum Gasteiger partial charge on any atom is -0.378 e. The standard InChI is InChI=1S/C12H23N3O2/c1-12(2)8-17-6-5-15(12)7-10(11(13)16)14-9-3-4-9/h9-10,14H,3-8H2,1-2H3,(H2,13,16). The highest BCUT2D eigenvalue weighted by atomic mass is 16.5. The molecule has 1 atom stereocenters. The third kappa shape index (κ3) is 3.40. The van der Waals surface area contributed by atoms with Gasteiger partial charge in [0.2, 0.25) is 5.91 Å². The van der Waals surface area contributed by atoms with Crippen molar-refractivity contribution in [2.75, 3.05) is 26.3 Å². The Bertz CT molecular complexity index is 289. The largest absolute Gasteiger partial charge is 0.378 e. The van der Waals surface area contributed by atoms with Crippen molar-refractivity contribution in [3.05, 3.63) is 0 Å². The number of carbonyl (C=O) groups excluding carboxylic acids is 1. The van der Waals surface area contributed by atoms with E-state index in [4.69, 9.17) is 10.5 Å². The molecule has 0 aromatic carbocycles. The maximum atomic E-state index is 11.4. The zero-order chi connectivity index (χ0) is 12.5. The molecule has 2 aliphatic rings. The number of ether oxygens (including phenoxy) is 1. The second-order valence-corrected chi connectivity index (χ2v) is 5.71. The molecule has 1 aliphatic carbocycles. The first-order valence-electron chi connectivity index (χ1n) is 6.37. The maximum absolute atomic E-state index is 11.4. The van der Waals surface area contributed by atoms with Gasteiger partial charge < -0.3 is 15.8 Å². The lowest BCUT2D eigenvalue weighted by atomic mass is 10.0. The number of primary amides is 1. The van der Waals surface area contributed by atoms with Gasteiger partial charge in [-0.15, -0.1) is 0 Å². The van der Waals surface area contributed by atoms with Crippen LogP contribution < -0.4 is 11.1 Å². The van der Waals surface area contributed by atoms with Crippen LogP contribution in [0, 0.1) is 0 Å². The van der Waals surface area contributed by atoms with Crippen LogP contribution in [-0.4, -0.2) is 54.7 Å². The van der Waals surface area contributed by atoms with Gasteiger partial charge in [-0.3, -0.25) is 9.69 Å². The zero-order valence-electron chi connectivity index (χ0n) is 10.7. The molecule has 0 spiro atoms. The molecule has 1 saturated heterocycles. The lowest BCUT2D eigenvalue weighted by molar-refractivity contribution is -0.122. The predicted octanol–water partition coefficient (Wildman–Crippen LogP) is -0.297. The summed E-state index contributed by atoms with van der Waals surface area (Å²) in [5.41, 5.74) is 5.44. The van der Waals surface area contributed by atoms with E-state index in [2.05, 4.69) is 24.1 Å². The Kier molecular flexibility index (Phi) is 3.70. The molecule has 0 bridgehead atoms. The Morgan fingerprint density at radius 1 is 1.59 bits per heavy atom. The van der Waals surface area contributed by atoms with Crippen LogP contribution in [-0.2, 0) is 9.53 Å². The summed E-state index contributed by atoms with van der Waals surface area (Å²) in [5, 5.41) is 3.32. The van der Waals surface area contributed by atoms with Crippen molar-refractivity contribution in [1.29, 1.82) is 0 Å². The molecule has 98 valence electrons. The average Bonchev–Trinajstić information content (AvgIpc) is 3.03. The van der Waals surface area contributed by atoms with Gasteiger partial charge in [0.15, 0.2) is 0 Å². The molecule has 0 radical (unpaired) electrons. The Morgan fingerprint density at radius 2 is 2.29 bits per heavy atom. The normalized spacial score (nSPS) is 26.7. The summed E-state index contributed by atoms with van der Waals surface area (Å²) in [6.45, 7) is 7.27. The highest BCUT2D eigenvalue weighted by Crippen LogP contribution is 2.22. The van der Waals surface area contributed by atoms with Gasteiger partial charge in [-0.25, -0.2) is 0 Å². The third-order valence-corrected chi connectivity index (χ3v) is 3.58. The van der Waals surface area contributed by atoms with Crippen LogP contribution in [0.4, 0.5) is 0 Å². The quantitative estimate of drug-likeness (QED) is 0.693. The van der Waals surface area contributed by atoms with Crippen molar-refractivity contribution < 1.29 is 9.53 Å². The van der Waals surface area contributed by atoms with E-state index in [1.807, 2.05) is 0 Å². The molecular formula is C12H23N3O2. The SMILES string of the molecule is CC1(C)COCCN1CC(NC1CC1)C(N)=O. The second kappa shape index (κ2) is 4.92. The maximum Gasteiger partial charge on any atom is 0.235 e. The summed E-state index contributed by atoms with van der Waals surface area (Å²) in [6, 6.07) is 0.261. The lowest BCUT2D eigenvalue weighted by Gasteiger charge is -2.43. The van der Waals surface area contributed by atoms with E-state index in [0.717, 1.165) is 26.0 Å². The summed E-state index contributed by atoms with van der Waals surface area (Å²) in [7, 11) is 0. The number of hydrogen-bond donors (Lipinski definition) is 2. The highest BCUT2D eigenvalue weighted by molar-refractivity contribution is 5.80. The molecule has 0 aromatic rings. The summed E-state index contributed by atoms with van der Waals surface area (Å²) < 4.78 is 5.47. The van der Waals surface area contributed by atoms with Crippen molar-refractivity contribution >= 4 is 5.91 Å². The van der Waals surface area contributed by atoms with Crippen molar-refractivity contribution in [2.24, 2.45) is 5.73 Å². The van der Waals surface area contributed by atoms with Gasteiger partial charge in [-0.05, 0) is 26.7 Å². The predicted molar refractivity (Wildman–Crippen MR) is 65.6 cm³/mol. The van der Waals surface area contributed by atoms with Gasteiger partial charge in [-0.1, -0.05) is 0 Å². The molecule has 1 aliphatic heterocycles. The summed E-state index contributed by atoms with van der Waals surface area (Å²) in [6.07, 6.45) is 2.33. The van der Waals surface area contributed by atoms with E-state index in [9.17, 15) is 4.79 Å². The second-order valence-electron chi connectivity index (χ2n) is 5.71. The summed E-state index contributed by atoms with van der Waals surface area (Å²) in [5.74, 6) is -0.251. The molecule has 2 rings (SSSR count). The molecule has 3 N–H and O–H groups in total. The first kappa shape index (κ1) is 12.8. The zero-order valence-corrected chi connectivity index (χ0v) is 10.7. The highest BCUT2D eigenvalue weighted by Gasteiger charge is 2.35. The Morgan fingerprint density at radius 3 is 2.82 bits per heavy atom. The van der Waals surface area contributed by atoms with Gasteiger partial charge in [0.25, 0.3) is 0 Å². The smallest absolute Gasteiger partial charge is 0.235 e. The summed E-state index contributed by atoms with van der Waals surface area (Å²) in [4.78, 5) is 13.7. The molecule has 0 aromatic heterocycles. The molecule has 1 unspecified atom stereocenters. The van der Waals surface area contributed by atoms with E-state index in [1.54, 1.807) is 0 Å². The Hall–Kier alpha value is -0.650. The number of nitrogens with one attached hydrogen (secondary N) is 1. The number of rotatable bonds is 5. The topological polar surface area (TPSA) is 67.6 Å². The Balaban J connectivity index is 1.93. The molecule has 5 heteroatoms. The first-order valence-corrected chi connectivity index (χ1v) is 6.37. The molecule has 1 saturated carbocycles. The van der Waals surface area contributed by atoms with E-state index in [-0.39, 0.29) is 17.5 Å². The van der Waals surface area contributed by atoms with Crippen molar-refractivity contribution in [1.82, 2.24) is 10.2 Å². The fraction of sp³-hybridized carbons (Fsp3) is 0.917. The number of nitrogens with zero attached hydrogens (tertiary/aromatic N) is 1. The molecule has 1 heterocycles. The van der Waals surface area contributed by atoms with Crippen molar-refractivity contribution in [3.63, 3.8) is 0 Å². The number of hydrogen-bond acceptors (Lipinski definition) is 4. The fourth-order valence-electron chi connectivity index (χ4n) is 2.21. The minimum atomic E-state index is -0.251. The van der Waals surface area contributed by atoms with Crippen molar-refractivity contribution in [3.8, 4) is 0 Å². The lowest BCUT2D eigenvalue weighted by Crippen LogP contribution is -2.59. The monoisotopic (exact) mass is 241 g/mol. The van der Waals surface area contributed by atoms with E-state index >= 15 is 0 Å². The molecule has 1 amide bonds. The van der Waals surface area contributed by atoms with Crippen LogP contribution in [0.25, 0.3) is 0 Å². The fourth-order valence-corrected chi connectivity index (χ4v) is 2.21. The molecular weight excluding hydrogens is 218 g/mol. The van der Waals surface area contributed by atoms with Gasteiger partial charge in [-0.2, -0.15) is 0 Å². The van der Waals surface area contributed by atoms with Crippen LogP contribution in [0.3, 0.4) is 0 Å². The number of nitrogens with two attached hydrogens (primary N) is 1. The molecule has 17 heavy (non-hydrogen) atoms. The Labute approximate surface area is 103 Å². The molecule has 5 nitrogen and oxygen atoms in total. The minimum absolute atomic E-state index is 0.0167. The van der Waals surface area contributed by atoms with Gasteiger partial charge in [0.05, 0.1) is 19.3 Å².